The number of thioether (sulfide) groups is 1. The summed E-state index contributed by atoms with van der Waals surface area (Å²) in [4.78, 5) is 7.03. The van der Waals surface area contributed by atoms with Crippen LogP contribution in [0.3, 0.4) is 0 Å². The highest BCUT2D eigenvalue weighted by Gasteiger charge is 2.37. The summed E-state index contributed by atoms with van der Waals surface area (Å²) in [7, 11) is 3.67. The first kappa shape index (κ1) is 24.6. The molecule has 0 aliphatic carbocycles. The predicted molar refractivity (Wildman–Crippen MR) is 134 cm³/mol. The zero-order valence-corrected chi connectivity index (χ0v) is 21.3. The Balaban J connectivity index is 0.00000300. The quantitative estimate of drug-likeness (QED) is 0.351. The summed E-state index contributed by atoms with van der Waals surface area (Å²) in [5, 5.41) is 4.41. The van der Waals surface area contributed by atoms with Crippen molar-refractivity contribution in [2.24, 2.45) is 4.99 Å². The van der Waals surface area contributed by atoms with Gasteiger partial charge in [0.05, 0.1) is 7.11 Å². The number of aliphatic imine (C=N–C) groups is 1. The van der Waals surface area contributed by atoms with E-state index < -0.39 is 0 Å². The smallest absolute Gasteiger partial charge is 0.193 e. The molecule has 1 atom stereocenters. The van der Waals surface area contributed by atoms with Gasteiger partial charge in [0.15, 0.2) is 5.96 Å². The van der Waals surface area contributed by atoms with Crippen LogP contribution in [0.15, 0.2) is 23.2 Å². The van der Waals surface area contributed by atoms with Crippen molar-refractivity contribution >= 4 is 41.7 Å². The molecule has 2 aliphatic heterocycles. The third kappa shape index (κ3) is 5.94. The van der Waals surface area contributed by atoms with E-state index in [1.807, 2.05) is 7.05 Å². The fraction of sp³-hybridized carbons (Fsp3) is 0.682. The van der Waals surface area contributed by atoms with E-state index in [0.29, 0.717) is 5.25 Å². The summed E-state index contributed by atoms with van der Waals surface area (Å²) < 4.78 is 11.5. The molecule has 2 fully saturated rings. The van der Waals surface area contributed by atoms with E-state index in [1.54, 1.807) is 7.11 Å². The van der Waals surface area contributed by atoms with Gasteiger partial charge in [-0.05, 0) is 32.3 Å². The van der Waals surface area contributed by atoms with Gasteiger partial charge in [-0.25, -0.2) is 0 Å². The SMILES string of the molecule is CCC1CN(C(=NC)NCC2(c3cc(C)ccc3OC)CCOCC2)CCS1.I. The van der Waals surface area contributed by atoms with E-state index >= 15 is 0 Å². The number of hydrogen-bond acceptors (Lipinski definition) is 4. The summed E-state index contributed by atoms with van der Waals surface area (Å²) >= 11 is 2.09. The zero-order chi connectivity index (χ0) is 20.0. The van der Waals surface area contributed by atoms with Gasteiger partial charge in [0.25, 0.3) is 0 Å². The van der Waals surface area contributed by atoms with E-state index in [9.17, 15) is 0 Å². The van der Waals surface area contributed by atoms with Crippen LogP contribution in [0.5, 0.6) is 5.75 Å². The van der Waals surface area contributed by atoms with Crippen molar-refractivity contribution in [3.8, 4) is 5.75 Å². The Morgan fingerprint density at radius 3 is 2.79 bits per heavy atom. The number of rotatable bonds is 5. The minimum absolute atomic E-state index is 0. The Morgan fingerprint density at radius 2 is 2.14 bits per heavy atom. The molecule has 0 aromatic heterocycles. The summed E-state index contributed by atoms with van der Waals surface area (Å²) in [5.41, 5.74) is 2.56. The maximum absolute atomic E-state index is 5.74. The van der Waals surface area contributed by atoms with E-state index in [2.05, 4.69) is 59.0 Å². The molecule has 1 aromatic carbocycles. The second-order valence-electron chi connectivity index (χ2n) is 7.84. The molecule has 1 N–H and O–H groups in total. The van der Waals surface area contributed by atoms with Crippen LogP contribution in [-0.2, 0) is 10.2 Å². The molecule has 0 amide bonds. The van der Waals surface area contributed by atoms with Gasteiger partial charge in [-0.2, -0.15) is 11.8 Å². The van der Waals surface area contributed by atoms with Crippen LogP contribution in [0, 0.1) is 6.92 Å². The van der Waals surface area contributed by atoms with Crippen molar-refractivity contribution in [3.05, 3.63) is 29.3 Å². The maximum atomic E-state index is 5.74. The average Bonchev–Trinajstić information content (AvgIpc) is 2.75. The number of halogens is 1. The maximum Gasteiger partial charge on any atom is 0.193 e. The van der Waals surface area contributed by atoms with Gasteiger partial charge in [0.1, 0.15) is 5.75 Å². The van der Waals surface area contributed by atoms with E-state index in [4.69, 9.17) is 9.47 Å². The summed E-state index contributed by atoms with van der Waals surface area (Å²) in [6, 6.07) is 6.52. The lowest BCUT2D eigenvalue weighted by molar-refractivity contribution is 0.0503. The lowest BCUT2D eigenvalue weighted by Gasteiger charge is -2.41. The molecule has 5 nitrogen and oxygen atoms in total. The number of guanidine groups is 1. The van der Waals surface area contributed by atoms with Gasteiger partial charge in [0, 0.05) is 61.9 Å². The molecule has 7 heteroatoms. The number of methoxy groups -OCH3 is 1. The number of nitrogens with one attached hydrogen (secondary N) is 1. The highest BCUT2D eigenvalue weighted by atomic mass is 127. The van der Waals surface area contributed by atoms with Crippen LogP contribution >= 0.6 is 35.7 Å². The summed E-state index contributed by atoms with van der Waals surface area (Å²) in [5.74, 6) is 3.17. The molecule has 2 heterocycles. The number of aryl methyl sites for hydroxylation is 1. The number of benzene rings is 1. The lowest BCUT2D eigenvalue weighted by Crippen LogP contribution is -2.52. The monoisotopic (exact) mass is 533 g/mol. The summed E-state index contributed by atoms with van der Waals surface area (Å²) in [6.45, 7) is 8.99. The normalized spacial score (nSPS) is 22.0. The third-order valence-electron chi connectivity index (χ3n) is 6.07. The molecule has 2 saturated heterocycles. The third-order valence-corrected chi connectivity index (χ3v) is 7.44. The van der Waals surface area contributed by atoms with Gasteiger partial charge >= 0.3 is 0 Å². The number of hydrogen-bond donors (Lipinski definition) is 1. The van der Waals surface area contributed by atoms with Gasteiger partial charge in [0.2, 0.25) is 0 Å². The fourth-order valence-corrected chi connectivity index (χ4v) is 5.46. The van der Waals surface area contributed by atoms with Crippen LogP contribution in [0.4, 0.5) is 0 Å². The van der Waals surface area contributed by atoms with E-state index in [-0.39, 0.29) is 29.4 Å². The standard InChI is InChI=1S/C22H35N3O2S.HI/c1-5-18-15-25(10-13-28-18)21(23-3)24-16-22(8-11-27-12-9-22)19-14-17(2)6-7-20(19)26-4;/h6-7,14,18H,5,8-13,15-16H2,1-4H3,(H,23,24);1H. The molecule has 1 unspecified atom stereocenters. The highest BCUT2D eigenvalue weighted by Crippen LogP contribution is 2.40. The largest absolute Gasteiger partial charge is 0.496 e. The van der Waals surface area contributed by atoms with Crippen LogP contribution in [0.25, 0.3) is 0 Å². The van der Waals surface area contributed by atoms with E-state index in [0.717, 1.165) is 57.4 Å². The first-order valence-corrected chi connectivity index (χ1v) is 11.5. The zero-order valence-electron chi connectivity index (χ0n) is 18.2. The molecular formula is C22H36IN3O2S. The van der Waals surface area contributed by atoms with Crippen LogP contribution < -0.4 is 10.1 Å². The predicted octanol–water partition coefficient (Wildman–Crippen LogP) is 4.07. The van der Waals surface area contributed by atoms with Crippen molar-refractivity contribution < 1.29 is 9.47 Å². The minimum Gasteiger partial charge on any atom is -0.496 e. The van der Waals surface area contributed by atoms with Crippen molar-refractivity contribution in [1.82, 2.24) is 10.2 Å². The van der Waals surface area contributed by atoms with Crippen molar-refractivity contribution in [3.63, 3.8) is 0 Å². The first-order chi connectivity index (χ1) is 13.6. The molecule has 29 heavy (non-hydrogen) atoms. The molecule has 3 rings (SSSR count). The van der Waals surface area contributed by atoms with Crippen LogP contribution in [0.2, 0.25) is 0 Å². The Bertz CT molecular complexity index is 680. The Kier molecular flexibility index (Phi) is 9.88. The number of ether oxygens (including phenoxy) is 2. The molecule has 1 aromatic rings. The molecule has 2 aliphatic rings. The Morgan fingerprint density at radius 1 is 1.38 bits per heavy atom. The van der Waals surface area contributed by atoms with Crippen LogP contribution in [0.1, 0.15) is 37.3 Å². The van der Waals surface area contributed by atoms with Gasteiger partial charge < -0.3 is 19.7 Å². The molecule has 0 saturated carbocycles. The molecule has 0 radical (unpaired) electrons. The Labute approximate surface area is 197 Å². The minimum atomic E-state index is 0. The lowest BCUT2D eigenvalue weighted by atomic mass is 9.73. The van der Waals surface area contributed by atoms with Gasteiger partial charge in [-0.3, -0.25) is 4.99 Å². The Hall–Kier alpha value is -0.670. The van der Waals surface area contributed by atoms with Crippen molar-refractivity contribution in [2.45, 2.75) is 43.8 Å². The van der Waals surface area contributed by atoms with Crippen LogP contribution in [-0.4, -0.2) is 68.9 Å². The fourth-order valence-electron chi connectivity index (χ4n) is 4.28. The summed E-state index contributed by atoms with van der Waals surface area (Å²) in [6.07, 6.45) is 3.19. The van der Waals surface area contributed by atoms with Gasteiger partial charge in [-0.15, -0.1) is 24.0 Å². The molecular weight excluding hydrogens is 497 g/mol. The second-order valence-corrected chi connectivity index (χ2v) is 9.25. The van der Waals surface area contributed by atoms with E-state index in [1.165, 1.54) is 23.3 Å². The molecule has 0 bridgehead atoms. The second kappa shape index (κ2) is 11.6. The van der Waals surface area contributed by atoms with Crippen molar-refractivity contribution in [1.29, 1.82) is 0 Å². The first-order valence-electron chi connectivity index (χ1n) is 10.4. The average molecular weight is 534 g/mol. The number of nitrogens with zero attached hydrogens (tertiary/aromatic N) is 2. The molecule has 0 spiro atoms. The molecule has 164 valence electrons. The van der Waals surface area contributed by atoms with Crippen molar-refractivity contribution in [2.75, 3.05) is 52.8 Å². The van der Waals surface area contributed by atoms with Gasteiger partial charge in [-0.1, -0.05) is 24.6 Å². The topological polar surface area (TPSA) is 46.1 Å². The highest BCUT2D eigenvalue weighted by molar-refractivity contribution is 14.0.